The van der Waals surface area contributed by atoms with E-state index in [2.05, 4.69) is 10.3 Å². The summed E-state index contributed by atoms with van der Waals surface area (Å²) in [6.45, 7) is 1.44. The first kappa shape index (κ1) is 19.5. The smallest absolute Gasteiger partial charge is 0.229 e. The minimum atomic E-state index is -0.460. The highest BCUT2D eigenvalue weighted by atomic mass is 35.5. The number of aromatic nitrogens is 1. The number of carbonyl (C=O) groups is 2. The SMILES string of the molecule is CC(=O)N(c1ccccc1)c1cc(NC(=O)Cc2ccc(F)cc2Cl)ccn1. The Balaban J connectivity index is 1.79. The van der Waals surface area contributed by atoms with E-state index in [0.29, 0.717) is 22.8 Å². The molecule has 0 radical (unpaired) electrons. The Hall–Kier alpha value is -3.25. The van der Waals surface area contributed by atoms with Gasteiger partial charge in [-0.2, -0.15) is 0 Å². The van der Waals surface area contributed by atoms with Gasteiger partial charge in [-0.1, -0.05) is 35.9 Å². The lowest BCUT2D eigenvalue weighted by Crippen LogP contribution is -2.24. The van der Waals surface area contributed by atoms with E-state index in [1.807, 2.05) is 18.2 Å². The molecule has 0 aliphatic carbocycles. The van der Waals surface area contributed by atoms with E-state index < -0.39 is 5.82 Å². The summed E-state index contributed by atoms with van der Waals surface area (Å²) in [7, 11) is 0. The quantitative estimate of drug-likeness (QED) is 0.676. The van der Waals surface area contributed by atoms with Gasteiger partial charge in [0.1, 0.15) is 11.6 Å². The number of carbonyl (C=O) groups excluding carboxylic acids is 2. The van der Waals surface area contributed by atoms with Crippen LogP contribution in [0.5, 0.6) is 0 Å². The molecule has 7 heteroatoms. The van der Waals surface area contributed by atoms with Crippen LogP contribution in [-0.4, -0.2) is 16.8 Å². The second-order valence-corrected chi connectivity index (χ2v) is 6.46. The van der Waals surface area contributed by atoms with Crippen molar-refractivity contribution in [2.75, 3.05) is 10.2 Å². The van der Waals surface area contributed by atoms with Gasteiger partial charge in [0.15, 0.2) is 0 Å². The molecular weight excluding hydrogens is 381 g/mol. The van der Waals surface area contributed by atoms with Crippen molar-refractivity contribution in [1.82, 2.24) is 4.98 Å². The molecule has 3 rings (SSSR count). The molecule has 142 valence electrons. The molecule has 0 saturated carbocycles. The summed E-state index contributed by atoms with van der Waals surface area (Å²) in [4.78, 5) is 30.2. The lowest BCUT2D eigenvalue weighted by molar-refractivity contribution is -0.116. The molecule has 0 spiro atoms. The number of benzene rings is 2. The molecule has 0 aliphatic heterocycles. The maximum absolute atomic E-state index is 13.1. The summed E-state index contributed by atoms with van der Waals surface area (Å²) < 4.78 is 13.1. The van der Waals surface area contributed by atoms with Gasteiger partial charge in [-0.15, -0.1) is 0 Å². The summed E-state index contributed by atoms with van der Waals surface area (Å²) in [5, 5.41) is 2.94. The van der Waals surface area contributed by atoms with Crippen LogP contribution in [0.3, 0.4) is 0 Å². The van der Waals surface area contributed by atoms with Crippen molar-refractivity contribution < 1.29 is 14.0 Å². The van der Waals surface area contributed by atoms with Crippen LogP contribution in [0.4, 0.5) is 21.6 Å². The van der Waals surface area contributed by atoms with Crippen molar-refractivity contribution in [2.24, 2.45) is 0 Å². The second kappa shape index (κ2) is 8.63. The molecule has 3 aromatic rings. The molecule has 0 saturated heterocycles. The molecule has 1 heterocycles. The first-order chi connectivity index (χ1) is 13.4. The molecule has 0 atom stereocenters. The third kappa shape index (κ3) is 4.72. The van der Waals surface area contributed by atoms with Gasteiger partial charge in [0.25, 0.3) is 0 Å². The summed E-state index contributed by atoms with van der Waals surface area (Å²) in [6.07, 6.45) is 1.50. The van der Waals surface area contributed by atoms with Crippen LogP contribution >= 0.6 is 11.6 Å². The Morgan fingerprint density at radius 3 is 2.54 bits per heavy atom. The fourth-order valence-corrected chi connectivity index (χ4v) is 2.95. The van der Waals surface area contributed by atoms with Gasteiger partial charge in [-0.25, -0.2) is 9.37 Å². The number of pyridine rings is 1. The van der Waals surface area contributed by atoms with E-state index in [0.717, 1.165) is 0 Å². The van der Waals surface area contributed by atoms with Crippen molar-refractivity contribution in [3.05, 3.63) is 83.3 Å². The van der Waals surface area contributed by atoms with Crippen molar-refractivity contribution >= 4 is 40.6 Å². The van der Waals surface area contributed by atoms with Crippen LogP contribution in [-0.2, 0) is 16.0 Å². The fourth-order valence-electron chi connectivity index (χ4n) is 2.71. The predicted octanol–water partition coefficient (Wildman–Crippen LogP) is 4.74. The molecular formula is C21H17ClFN3O2. The molecule has 1 aromatic heterocycles. The second-order valence-electron chi connectivity index (χ2n) is 6.05. The van der Waals surface area contributed by atoms with E-state index in [1.165, 1.54) is 36.2 Å². The summed E-state index contributed by atoms with van der Waals surface area (Å²) in [5.74, 6) is -0.602. The normalized spacial score (nSPS) is 10.4. The number of halogens is 2. The first-order valence-electron chi connectivity index (χ1n) is 8.49. The van der Waals surface area contributed by atoms with Gasteiger partial charge in [0.2, 0.25) is 11.8 Å². The monoisotopic (exact) mass is 397 g/mol. The van der Waals surface area contributed by atoms with Crippen molar-refractivity contribution in [2.45, 2.75) is 13.3 Å². The third-order valence-corrected chi connectivity index (χ3v) is 4.31. The Morgan fingerprint density at radius 2 is 1.86 bits per heavy atom. The maximum atomic E-state index is 13.1. The zero-order valence-electron chi connectivity index (χ0n) is 15.0. The number of hydrogen-bond acceptors (Lipinski definition) is 3. The largest absolute Gasteiger partial charge is 0.326 e. The average molecular weight is 398 g/mol. The van der Waals surface area contributed by atoms with Gasteiger partial charge < -0.3 is 5.32 Å². The molecule has 0 fully saturated rings. The highest BCUT2D eigenvalue weighted by Crippen LogP contribution is 2.26. The van der Waals surface area contributed by atoms with Crippen molar-refractivity contribution in [3.63, 3.8) is 0 Å². The number of rotatable bonds is 5. The van der Waals surface area contributed by atoms with E-state index in [9.17, 15) is 14.0 Å². The van der Waals surface area contributed by atoms with Crippen LogP contribution in [0.15, 0.2) is 66.9 Å². The molecule has 5 nitrogen and oxygen atoms in total. The zero-order chi connectivity index (χ0) is 20.1. The van der Waals surface area contributed by atoms with Gasteiger partial charge in [-0.3, -0.25) is 14.5 Å². The first-order valence-corrected chi connectivity index (χ1v) is 8.87. The Kier molecular flexibility index (Phi) is 6.01. The maximum Gasteiger partial charge on any atom is 0.229 e. The Labute approximate surface area is 166 Å². The van der Waals surface area contributed by atoms with E-state index in [1.54, 1.807) is 24.3 Å². The van der Waals surface area contributed by atoms with Crippen LogP contribution in [0.25, 0.3) is 0 Å². The number of anilines is 3. The molecule has 0 aliphatic rings. The van der Waals surface area contributed by atoms with Gasteiger partial charge in [0.05, 0.1) is 12.1 Å². The minimum Gasteiger partial charge on any atom is -0.326 e. The van der Waals surface area contributed by atoms with E-state index in [4.69, 9.17) is 11.6 Å². The van der Waals surface area contributed by atoms with Crippen LogP contribution < -0.4 is 10.2 Å². The minimum absolute atomic E-state index is 0.00806. The number of hydrogen-bond donors (Lipinski definition) is 1. The number of nitrogens with zero attached hydrogens (tertiary/aromatic N) is 2. The van der Waals surface area contributed by atoms with Crippen LogP contribution in [0, 0.1) is 5.82 Å². The van der Waals surface area contributed by atoms with E-state index in [-0.39, 0.29) is 23.3 Å². The van der Waals surface area contributed by atoms with Gasteiger partial charge >= 0.3 is 0 Å². The lowest BCUT2D eigenvalue weighted by atomic mass is 10.1. The Morgan fingerprint density at radius 1 is 1.11 bits per heavy atom. The van der Waals surface area contributed by atoms with E-state index >= 15 is 0 Å². The van der Waals surface area contributed by atoms with Gasteiger partial charge in [0, 0.05) is 29.9 Å². The number of amides is 2. The predicted molar refractivity (Wildman–Crippen MR) is 107 cm³/mol. The highest BCUT2D eigenvalue weighted by Gasteiger charge is 2.16. The van der Waals surface area contributed by atoms with Gasteiger partial charge in [-0.05, 0) is 35.9 Å². The van der Waals surface area contributed by atoms with Crippen LogP contribution in [0.2, 0.25) is 5.02 Å². The molecule has 28 heavy (non-hydrogen) atoms. The Bertz CT molecular complexity index is 1010. The average Bonchev–Trinajstić information content (AvgIpc) is 2.65. The molecule has 1 N–H and O–H groups in total. The van der Waals surface area contributed by atoms with Crippen molar-refractivity contribution in [3.8, 4) is 0 Å². The third-order valence-electron chi connectivity index (χ3n) is 3.95. The van der Waals surface area contributed by atoms with Crippen LogP contribution in [0.1, 0.15) is 12.5 Å². The van der Waals surface area contributed by atoms with Crippen molar-refractivity contribution in [1.29, 1.82) is 0 Å². The highest BCUT2D eigenvalue weighted by molar-refractivity contribution is 6.31. The lowest BCUT2D eigenvalue weighted by Gasteiger charge is -2.20. The topological polar surface area (TPSA) is 62.3 Å². The molecule has 0 bridgehead atoms. The standard InChI is InChI=1S/C21H17ClFN3O2/c1-14(27)26(18-5-3-2-4-6-18)20-13-17(9-10-24-20)25-21(28)11-15-7-8-16(23)12-19(15)22/h2-10,12-13H,11H2,1H3,(H,24,25,28). The fraction of sp³-hybridized carbons (Fsp3) is 0.0952. The summed E-state index contributed by atoms with van der Waals surface area (Å²) in [5.41, 5.74) is 1.67. The number of nitrogens with one attached hydrogen (secondary N) is 1. The molecule has 2 amide bonds. The molecule has 0 unspecified atom stereocenters. The zero-order valence-corrected chi connectivity index (χ0v) is 15.8. The summed E-state index contributed by atoms with van der Waals surface area (Å²) in [6, 6.07) is 16.2. The summed E-state index contributed by atoms with van der Waals surface area (Å²) >= 11 is 5.97. The molecule has 2 aromatic carbocycles. The number of para-hydroxylation sites is 1.